The summed E-state index contributed by atoms with van der Waals surface area (Å²) in [5.74, 6) is 0.502. The summed E-state index contributed by atoms with van der Waals surface area (Å²) >= 11 is 0. The van der Waals surface area contributed by atoms with Crippen LogP contribution in [0.3, 0.4) is 0 Å². The lowest BCUT2D eigenvalue weighted by atomic mass is 9.97. The largest absolute Gasteiger partial charge is 0.385 e. The molecule has 0 aliphatic carbocycles. The van der Waals surface area contributed by atoms with E-state index in [-0.39, 0.29) is 6.03 Å². The monoisotopic (exact) mass is 333 g/mol. The number of carbonyl (C=O) groups is 1. The molecule has 1 aliphatic heterocycles. The van der Waals surface area contributed by atoms with E-state index < -0.39 is 0 Å². The standard InChI is InChI=1S/C19H31N3O2/c1-15(2)17-8-5-7-16(3)18(17)21-10-12-22(13-11-21)19(23)20-9-6-14-24-4/h5,7-8,15H,6,9-14H2,1-4H3,(H,20,23). The van der Waals surface area contributed by atoms with Crippen LogP contribution < -0.4 is 10.2 Å². The lowest BCUT2D eigenvalue weighted by molar-refractivity contribution is 0.183. The highest BCUT2D eigenvalue weighted by atomic mass is 16.5. The second-order valence-corrected chi connectivity index (χ2v) is 6.72. The quantitative estimate of drug-likeness (QED) is 0.814. The second kappa shape index (κ2) is 8.92. The van der Waals surface area contributed by atoms with Gasteiger partial charge in [0.2, 0.25) is 0 Å². The third kappa shape index (κ3) is 4.63. The van der Waals surface area contributed by atoms with Crippen molar-refractivity contribution < 1.29 is 9.53 Å². The first-order valence-electron chi connectivity index (χ1n) is 8.90. The predicted octanol–water partition coefficient (Wildman–Crippen LogP) is 2.99. The number of nitrogens with one attached hydrogen (secondary N) is 1. The van der Waals surface area contributed by atoms with Gasteiger partial charge in [0, 0.05) is 52.1 Å². The molecule has 1 heterocycles. The molecule has 1 aromatic rings. The summed E-state index contributed by atoms with van der Waals surface area (Å²) in [6.07, 6.45) is 0.850. The fourth-order valence-corrected chi connectivity index (χ4v) is 3.24. The van der Waals surface area contributed by atoms with Crippen LogP contribution in [0.25, 0.3) is 0 Å². The lowest BCUT2D eigenvalue weighted by Crippen LogP contribution is -2.52. The first kappa shape index (κ1) is 18.6. The maximum Gasteiger partial charge on any atom is 0.317 e. The minimum Gasteiger partial charge on any atom is -0.385 e. The van der Waals surface area contributed by atoms with Crippen molar-refractivity contribution in [3.63, 3.8) is 0 Å². The Morgan fingerprint density at radius 2 is 1.96 bits per heavy atom. The minimum absolute atomic E-state index is 0.0413. The third-order valence-electron chi connectivity index (χ3n) is 4.58. The lowest BCUT2D eigenvalue weighted by Gasteiger charge is -2.38. The molecule has 24 heavy (non-hydrogen) atoms. The zero-order valence-electron chi connectivity index (χ0n) is 15.5. The van der Waals surface area contributed by atoms with Crippen molar-refractivity contribution in [3.8, 4) is 0 Å². The van der Waals surface area contributed by atoms with Crippen molar-refractivity contribution in [3.05, 3.63) is 29.3 Å². The Hall–Kier alpha value is -1.75. The Morgan fingerprint density at radius 1 is 1.25 bits per heavy atom. The van der Waals surface area contributed by atoms with Gasteiger partial charge in [0.15, 0.2) is 0 Å². The van der Waals surface area contributed by atoms with Gasteiger partial charge < -0.3 is 19.9 Å². The molecule has 0 unspecified atom stereocenters. The number of benzene rings is 1. The highest BCUT2D eigenvalue weighted by molar-refractivity contribution is 5.74. The molecule has 2 amide bonds. The number of hydrogen-bond acceptors (Lipinski definition) is 3. The molecule has 0 bridgehead atoms. The molecule has 0 atom stereocenters. The van der Waals surface area contributed by atoms with E-state index in [1.807, 2.05) is 4.90 Å². The highest BCUT2D eigenvalue weighted by Gasteiger charge is 2.23. The van der Waals surface area contributed by atoms with Crippen molar-refractivity contribution in [1.29, 1.82) is 0 Å². The van der Waals surface area contributed by atoms with E-state index in [0.29, 0.717) is 19.1 Å². The van der Waals surface area contributed by atoms with Gasteiger partial charge in [0.1, 0.15) is 0 Å². The van der Waals surface area contributed by atoms with Crippen LogP contribution in [0, 0.1) is 6.92 Å². The third-order valence-corrected chi connectivity index (χ3v) is 4.58. The second-order valence-electron chi connectivity index (χ2n) is 6.72. The smallest absolute Gasteiger partial charge is 0.317 e. The first-order chi connectivity index (χ1) is 11.5. The Bertz CT molecular complexity index is 537. The number of urea groups is 1. The van der Waals surface area contributed by atoms with Crippen LogP contribution in [0.1, 0.15) is 37.3 Å². The van der Waals surface area contributed by atoms with Gasteiger partial charge in [-0.15, -0.1) is 0 Å². The number of nitrogens with zero attached hydrogens (tertiary/aromatic N) is 2. The van der Waals surface area contributed by atoms with Crippen LogP contribution in [-0.2, 0) is 4.74 Å². The van der Waals surface area contributed by atoms with E-state index >= 15 is 0 Å². The van der Waals surface area contributed by atoms with Crippen molar-refractivity contribution >= 4 is 11.7 Å². The zero-order chi connectivity index (χ0) is 17.5. The number of rotatable bonds is 6. The van der Waals surface area contributed by atoms with E-state index in [9.17, 15) is 4.79 Å². The summed E-state index contributed by atoms with van der Waals surface area (Å²) in [6.45, 7) is 11.3. The van der Waals surface area contributed by atoms with Crippen LogP contribution >= 0.6 is 0 Å². The Morgan fingerprint density at radius 3 is 2.58 bits per heavy atom. The molecule has 1 N–H and O–H groups in total. The van der Waals surface area contributed by atoms with Crippen LogP contribution in [0.15, 0.2) is 18.2 Å². The summed E-state index contributed by atoms with van der Waals surface area (Å²) in [4.78, 5) is 16.5. The molecule has 5 nitrogen and oxygen atoms in total. The molecule has 1 fully saturated rings. The molecule has 2 rings (SSSR count). The average molecular weight is 333 g/mol. The number of aryl methyl sites for hydroxylation is 1. The molecule has 1 saturated heterocycles. The number of ether oxygens (including phenoxy) is 1. The summed E-state index contributed by atoms with van der Waals surface area (Å²) < 4.78 is 5.00. The minimum atomic E-state index is 0.0413. The molecule has 5 heteroatoms. The van der Waals surface area contributed by atoms with E-state index in [4.69, 9.17) is 4.74 Å². The van der Waals surface area contributed by atoms with Gasteiger partial charge in [0.25, 0.3) is 0 Å². The van der Waals surface area contributed by atoms with Gasteiger partial charge in [-0.25, -0.2) is 4.79 Å². The maximum absolute atomic E-state index is 12.2. The highest BCUT2D eigenvalue weighted by Crippen LogP contribution is 2.31. The van der Waals surface area contributed by atoms with E-state index in [1.165, 1.54) is 16.8 Å². The number of piperazine rings is 1. The van der Waals surface area contributed by atoms with Gasteiger partial charge in [-0.2, -0.15) is 0 Å². The van der Waals surface area contributed by atoms with Gasteiger partial charge in [0.05, 0.1) is 0 Å². The molecule has 0 radical (unpaired) electrons. The SMILES string of the molecule is COCCCNC(=O)N1CCN(c2c(C)cccc2C(C)C)CC1. The van der Waals surface area contributed by atoms with Crippen LogP contribution in [-0.4, -0.2) is 57.4 Å². The summed E-state index contributed by atoms with van der Waals surface area (Å²) in [5.41, 5.74) is 4.07. The molecule has 1 aromatic carbocycles. The number of carbonyl (C=O) groups excluding carboxylic acids is 1. The molecule has 134 valence electrons. The molecule has 1 aliphatic rings. The predicted molar refractivity (Wildman–Crippen MR) is 98.9 cm³/mol. The van der Waals surface area contributed by atoms with Gasteiger partial charge in [-0.3, -0.25) is 0 Å². The van der Waals surface area contributed by atoms with Crippen molar-refractivity contribution in [1.82, 2.24) is 10.2 Å². The molecule has 0 aromatic heterocycles. The van der Waals surface area contributed by atoms with Crippen LogP contribution in [0.4, 0.5) is 10.5 Å². The number of methoxy groups -OCH3 is 1. The number of hydrogen-bond donors (Lipinski definition) is 1. The number of amides is 2. The average Bonchev–Trinajstić information content (AvgIpc) is 2.58. The number of para-hydroxylation sites is 1. The van der Waals surface area contributed by atoms with E-state index in [0.717, 1.165) is 32.6 Å². The van der Waals surface area contributed by atoms with E-state index in [2.05, 4.69) is 49.2 Å². The molecular weight excluding hydrogens is 302 g/mol. The fraction of sp³-hybridized carbons (Fsp3) is 0.632. The summed E-state index contributed by atoms with van der Waals surface area (Å²) in [6, 6.07) is 6.58. The molecule has 0 spiro atoms. The normalized spacial score (nSPS) is 15.0. The zero-order valence-corrected chi connectivity index (χ0v) is 15.5. The Balaban J connectivity index is 1.92. The Labute approximate surface area is 146 Å². The van der Waals surface area contributed by atoms with Crippen LogP contribution in [0.5, 0.6) is 0 Å². The first-order valence-corrected chi connectivity index (χ1v) is 8.90. The van der Waals surface area contributed by atoms with Crippen molar-refractivity contribution in [2.45, 2.75) is 33.1 Å². The molecule has 0 saturated carbocycles. The topological polar surface area (TPSA) is 44.8 Å². The number of anilines is 1. The van der Waals surface area contributed by atoms with Gasteiger partial charge >= 0.3 is 6.03 Å². The van der Waals surface area contributed by atoms with E-state index in [1.54, 1.807) is 7.11 Å². The van der Waals surface area contributed by atoms with Gasteiger partial charge in [-0.05, 0) is 30.4 Å². The fourth-order valence-electron chi connectivity index (χ4n) is 3.24. The van der Waals surface area contributed by atoms with Crippen molar-refractivity contribution in [2.24, 2.45) is 0 Å². The summed E-state index contributed by atoms with van der Waals surface area (Å²) in [5, 5.41) is 2.97. The van der Waals surface area contributed by atoms with Crippen molar-refractivity contribution in [2.75, 3.05) is 51.3 Å². The summed E-state index contributed by atoms with van der Waals surface area (Å²) in [7, 11) is 1.68. The van der Waals surface area contributed by atoms with Gasteiger partial charge in [-0.1, -0.05) is 32.0 Å². The van der Waals surface area contributed by atoms with Crippen LogP contribution in [0.2, 0.25) is 0 Å². The molecular formula is C19H31N3O2. The maximum atomic E-state index is 12.2. The Kier molecular flexibility index (Phi) is 6.91.